The third kappa shape index (κ3) is 2.50. The SMILES string of the molecule is Cc1ccc(N2CCOC2=O)cc1NC(=O)[C@@H]1C[C@H]2C=C[C@H]1C2. The molecule has 1 aromatic carbocycles. The summed E-state index contributed by atoms with van der Waals surface area (Å²) in [7, 11) is 0. The van der Waals surface area contributed by atoms with Gasteiger partial charge < -0.3 is 10.1 Å². The molecule has 4 rings (SSSR count). The molecule has 2 bridgehead atoms. The van der Waals surface area contributed by atoms with Crippen molar-refractivity contribution < 1.29 is 14.3 Å². The van der Waals surface area contributed by atoms with Gasteiger partial charge in [-0.1, -0.05) is 18.2 Å². The zero-order valence-electron chi connectivity index (χ0n) is 13.1. The number of benzene rings is 1. The molecular formula is C18H20N2O3. The monoisotopic (exact) mass is 312 g/mol. The van der Waals surface area contributed by atoms with Crippen LogP contribution in [0, 0.1) is 24.7 Å². The zero-order valence-corrected chi connectivity index (χ0v) is 13.1. The van der Waals surface area contributed by atoms with E-state index in [1.54, 1.807) is 4.90 Å². The van der Waals surface area contributed by atoms with Gasteiger partial charge in [-0.25, -0.2) is 4.79 Å². The number of anilines is 2. The first-order valence-corrected chi connectivity index (χ1v) is 8.16. The van der Waals surface area contributed by atoms with Gasteiger partial charge in [0.2, 0.25) is 5.91 Å². The fourth-order valence-electron chi connectivity index (χ4n) is 3.85. The molecular weight excluding hydrogens is 292 g/mol. The molecule has 1 saturated heterocycles. The number of aryl methyl sites for hydroxylation is 1. The summed E-state index contributed by atoms with van der Waals surface area (Å²) in [5.41, 5.74) is 2.54. The second-order valence-corrected chi connectivity index (χ2v) is 6.64. The minimum atomic E-state index is -0.329. The van der Waals surface area contributed by atoms with Gasteiger partial charge >= 0.3 is 6.09 Å². The van der Waals surface area contributed by atoms with Crippen molar-refractivity contribution in [2.24, 2.45) is 17.8 Å². The van der Waals surface area contributed by atoms with Crippen LogP contribution in [0.4, 0.5) is 16.2 Å². The number of hydrogen-bond acceptors (Lipinski definition) is 3. The van der Waals surface area contributed by atoms with Crippen LogP contribution in [-0.2, 0) is 9.53 Å². The van der Waals surface area contributed by atoms with Gasteiger partial charge in [0.25, 0.3) is 0 Å². The molecule has 0 radical (unpaired) electrons. The summed E-state index contributed by atoms with van der Waals surface area (Å²) in [4.78, 5) is 25.9. The lowest BCUT2D eigenvalue weighted by atomic mass is 9.92. The highest BCUT2D eigenvalue weighted by Gasteiger charge is 2.39. The van der Waals surface area contributed by atoms with Crippen molar-refractivity contribution >= 4 is 23.4 Å². The van der Waals surface area contributed by atoms with Crippen molar-refractivity contribution in [3.8, 4) is 0 Å². The number of carbonyl (C=O) groups is 2. The van der Waals surface area contributed by atoms with Crippen LogP contribution in [0.1, 0.15) is 18.4 Å². The molecule has 23 heavy (non-hydrogen) atoms. The van der Waals surface area contributed by atoms with E-state index in [0.717, 1.165) is 29.8 Å². The quantitative estimate of drug-likeness (QED) is 0.873. The number of rotatable bonds is 3. The second kappa shape index (κ2) is 5.41. The molecule has 1 aromatic rings. The predicted molar refractivity (Wildman–Crippen MR) is 87.3 cm³/mol. The van der Waals surface area contributed by atoms with Gasteiger partial charge in [-0.15, -0.1) is 0 Å². The second-order valence-electron chi connectivity index (χ2n) is 6.64. The van der Waals surface area contributed by atoms with E-state index in [1.165, 1.54) is 0 Å². The van der Waals surface area contributed by atoms with E-state index < -0.39 is 0 Å². The molecule has 1 saturated carbocycles. The Morgan fingerprint density at radius 3 is 2.83 bits per heavy atom. The largest absolute Gasteiger partial charge is 0.447 e. The van der Waals surface area contributed by atoms with Gasteiger partial charge in [0.1, 0.15) is 6.61 Å². The maximum Gasteiger partial charge on any atom is 0.414 e. The number of carbonyl (C=O) groups excluding carboxylic acids is 2. The van der Waals surface area contributed by atoms with Crippen LogP contribution in [0.3, 0.4) is 0 Å². The third-order valence-corrected chi connectivity index (χ3v) is 5.17. The fraction of sp³-hybridized carbons (Fsp3) is 0.444. The average Bonchev–Trinajstić information content (AvgIpc) is 3.26. The van der Waals surface area contributed by atoms with Crippen LogP contribution >= 0.6 is 0 Å². The molecule has 2 aliphatic carbocycles. The van der Waals surface area contributed by atoms with E-state index >= 15 is 0 Å². The first-order chi connectivity index (χ1) is 11.1. The van der Waals surface area contributed by atoms with Crippen molar-refractivity contribution in [2.75, 3.05) is 23.4 Å². The lowest BCUT2D eigenvalue weighted by molar-refractivity contribution is -0.120. The molecule has 1 heterocycles. The summed E-state index contributed by atoms with van der Waals surface area (Å²) in [6, 6.07) is 5.68. The summed E-state index contributed by atoms with van der Waals surface area (Å²) in [5, 5.41) is 3.06. The van der Waals surface area contributed by atoms with Gasteiger partial charge in [0.15, 0.2) is 0 Å². The number of nitrogens with one attached hydrogen (secondary N) is 1. The lowest BCUT2D eigenvalue weighted by Crippen LogP contribution is -2.27. The number of fused-ring (bicyclic) bond motifs is 2. The van der Waals surface area contributed by atoms with E-state index in [-0.39, 0.29) is 17.9 Å². The molecule has 0 unspecified atom stereocenters. The molecule has 2 amide bonds. The summed E-state index contributed by atoms with van der Waals surface area (Å²) >= 11 is 0. The normalized spacial score (nSPS) is 28.3. The van der Waals surface area contributed by atoms with Gasteiger partial charge in [-0.05, 0) is 49.3 Å². The molecule has 1 N–H and O–H groups in total. The van der Waals surface area contributed by atoms with Crippen LogP contribution in [-0.4, -0.2) is 25.2 Å². The van der Waals surface area contributed by atoms with Crippen molar-refractivity contribution in [1.82, 2.24) is 0 Å². The van der Waals surface area contributed by atoms with Crippen LogP contribution in [0.25, 0.3) is 0 Å². The van der Waals surface area contributed by atoms with Crippen molar-refractivity contribution in [3.63, 3.8) is 0 Å². The summed E-state index contributed by atoms with van der Waals surface area (Å²) in [6.07, 6.45) is 6.15. The zero-order chi connectivity index (χ0) is 16.0. The number of amides is 2. The van der Waals surface area contributed by atoms with E-state index in [2.05, 4.69) is 17.5 Å². The van der Waals surface area contributed by atoms with Crippen LogP contribution in [0.2, 0.25) is 0 Å². The highest BCUT2D eigenvalue weighted by atomic mass is 16.6. The molecule has 3 aliphatic rings. The fourth-order valence-corrected chi connectivity index (χ4v) is 3.85. The van der Waals surface area contributed by atoms with Crippen molar-refractivity contribution in [2.45, 2.75) is 19.8 Å². The molecule has 0 aromatic heterocycles. The maximum atomic E-state index is 12.6. The third-order valence-electron chi connectivity index (χ3n) is 5.17. The van der Waals surface area contributed by atoms with Gasteiger partial charge in [0, 0.05) is 17.3 Å². The Bertz CT molecular complexity index is 698. The minimum Gasteiger partial charge on any atom is -0.447 e. The summed E-state index contributed by atoms with van der Waals surface area (Å²) in [6.45, 7) is 2.92. The molecule has 5 nitrogen and oxygen atoms in total. The van der Waals surface area contributed by atoms with E-state index in [4.69, 9.17) is 4.74 Å². The van der Waals surface area contributed by atoms with Gasteiger partial charge in [-0.2, -0.15) is 0 Å². The van der Waals surface area contributed by atoms with E-state index in [0.29, 0.717) is 25.0 Å². The molecule has 0 spiro atoms. The Morgan fingerprint density at radius 1 is 1.30 bits per heavy atom. The first-order valence-electron chi connectivity index (χ1n) is 8.16. The Hall–Kier alpha value is -2.30. The van der Waals surface area contributed by atoms with E-state index in [1.807, 2.05) is 25.1 Å². The smallest absolute Gasteiger partial charge is 0.414 e. The standard InChI is InChI=1S/C18H20N2O3/c1-11-2-5-14(20-6-7-23-18(20)22)10-16(11)19-17(21)15-9-12-3-4-13(15)8-12/h2-5,10,12-13,15H,6-9H2,1H3,(H,19,21)/t12-,13-,15+/m0/s1. The Kier molecular flexibility index (Phi) is 3.36. The van der Waals surface area contributed by atoms with Gasteiger partial charge in [0.05, 0.1) is 6.54 Å². The lowest BCUT2D eigenvalue weighted by Gasteiger charge is -2.20. The van der Waals surface area contributed by atoms with Crippen LogP contribution in [0.5, 0.6) is 0 Å². The van der Waals surface area contributed by atoms with Crippen LogP contribution < -0.4 is 10.2 Å². The highest BCUT2D eigenvalue weighted by molar-refractivity contribution is 5.96. The van der Waals surface area contributed by atoms with E-state index in [9.17, 15) is 9.59 Å². The van der Waals surface area contributed by atoms with Crippen molar-refractivity contribution in [3.05, 3.63) is 35.9 Å². The number of nitrogens with zero attached hydrogens (tertiary/aromatic N) is 1. The molecule has 3 atom stereocenters. The highest BCUT2D eigenvalue weighted by Crippen LogP contribution is 2.44. The summed E-state index contributed by atoms with van der Waals surface area (Å²) in [5.74, 6) is 1.12. The number of cyclic esters (lactones) is 1. The van der Waals surface area contributed by atoms with Gasteiger partial charge in [-0.3, -0.25) is 9.69 Å². The molecule has 1 aliphatic heterocycles. The maximum absolute atomic E-state index is 12.6. The number of allylic oxidation sites excluding steroid dienone is 2. The first kappa shape index (κ1) is 14.3. The minimum absolute atomic E-state index is 0.0739. The Labute approximate surface area is 135 Å². The Balaban J connectivity index is 1.53. The molecule has 120 valence electrons. The number of hydrogen-bond donors (Lipinski definition) is 1. The molecule has 2 fully saturated rings. The number of ether oxygens (including phenoxy) is 1. The Morgan fingerprint density at radius 2 is 2.17 bits per heavy atom. The topological polar surface area (TPSA) is 58.6 Å². The predicted octanol–water partition coefficient (Wildman–Crippen LogP) is 3.10. The summed E-state index contributed by atoms with van der Waals surface area (Å²) < 4.78 is 4.98. The van der Waals surface area contributed by atoms with Crippen LogP contribution in [0.15, 0.2) is 30.4 Å². The average molecular weight is 312 g/mol. The molecule has 5 heteroatoms. The van der Waals surface area contributed by atoms with Crippen molar-refractivity contribution in [1.29, 1.82) is 0 Å².